The number of rotatable bonds is 5. The van der Waals surface area contributed by atoms with E-state index in [9.17, 15) is 9.90 Å². The Hall–Kier alpha value is -2.27. The zero-order chi connectivity index (χ0) is 14.5. The van der Waals surface area contributed by atoms with Crippen LogP contribution < -0.4 is 5.32 Å². The van der Waals surface area contributed by atoms with Crippen LogP contribution in [0.5, 0.6) is 5.75 Å². The first kappa shape index (κ1) is 14.1. The topological polar surface area (TPSA) is 71.7 Å². The van der Waals surface area contributed by atoms with Crippen LogP contribution in [0.4, 0.5) is 0 Å². The number of nitrogens with one attached hydrogen (secondary N) is 1. The predicted octanol–water partition coefficient (Wildman–Crippen LogP) is 2.62. The Bertz CT molecular complexity index is 591. The van der Waals surface area contributed by atoms with Gasteiger partial charge in [-0.1, -0.05) is 12.1 Å². The highest BCUT2D eigenvalue weighted by Crippen LogP contribution is 2.18. The number of esters is 1. The van der Waals surface area contributed by atoms with E-state index in [1.165, 1.54) is 7.11 Å². The quantitative estimate of drug-likeness (QED) is 0.821. The molecular formula is C15H17NO4. The van der Waals surface area contributed by atoms with Gasteiger partial charge < -0.3 is 19.6 Å². The molecule has 0 bridgehead atoms. The van der Waals surface area contributed by atoms with E-state index in [0.717, 1.165) is 5.56 Å². The van der Waals surface area contributed by atoms with E-state index < -0.39 is 5.97 Å². The normalized spacial score (nSPS) is 12.1. The largest absolute Gasteiger partial charge is 0.508 e. The molecule has 2 aromatic rings. The van der Waals surface area contributed by atoms with E-state index in [1.807, 2.05) is 13.0 Å². The molecule has 5 nitrogen and oxygen atoms in total. The molecule has 1 unspecified atom stereocenters. The first-order chi connectivity index (χ1) is 9.60. The van der Waals surface area contributed by atoms with Crippen LogP contribution in [0.1, 0.15) is 34.8 Å². The van der Waals surface area contributed by atoms with E-state index in [4.69, 9.17) is 4.42 Å². The Labute approximate surface area is 117 Å². The van der Waals surface area contributed by atoms with Crippen molar-refractivity contribution in [2.75, 3.05) is 7.11 Å². The predicted molar refractivity (Wildman–Crippen MR) is 73.4 cm³/mol. The number of carbonyl (C=O) groups is 1. The maximum Gasteiger partial charge on any atom is 0.373 e. The van der Waals surface area contributed by atoms with E-state index in [1.54, 1.807) is 30.3 Å². The van der Waals surface area contributed by atoms with Gasteiger partial charge in [0.1, 0.15) is 11.5 Å². The summed E-state index contributed by atoms with van der Waals surface area (Å²) in [7, 11) is 1.31. The number of phenolic OH excluding ortho intramolecular Hbond substituents is 1. The second-order valence-electron chi connectivity index (χ2n) is 4.46. The van der Waals surface area contributed by atoms with Crippen molar-refractivity contribution in [2.45, 2.75) is 19.5 Å². The van der Waals surface area contributed by atoms with Gasteiger partial charge in [0, 0.05) is 6.04 Å². The molecule has 0 radical (unpaired) electrons. The first-order valence-corrected chi connectivity index (χ1v) is 6.29. The number of carbonyl (C=O) groups excluding carboxylic acids is 1. The Kier molecular flexibility index (Phi) is 4.42. The Balaban J connectivity index is 1.95. The van der Waals surface area contributed by atoms with E-state index in [2.05, 4.69) is 10.1 Å². The molecule has 0 saturated heterocycles. The van der Waals surface area contributed by atoms with Gasteiger partial charge in [0.05, 0.1) is 13.7 Å². The van der Waals surface area contributed by atoms with E-state index >= 15 is 0 Å². The lowest BCUT2D eigenvalue weighted by Gasteiger charge is -2.13. The highest BCUT2D eigenvalue weighted by atomic mass is 16.5. The molecular weight excluding hydrogens is 258 g/mol. The van der Waals surface area contributed by atoms with Crippen molar-refractivity contribution in [3.8, 4) is 5.75 Å². The molecule has 0 amide bonds. The summed E-state index contributed by atoms with van der Waals surface area (Å²) in [4.78, 5) is 11.3. The molecule has 20 heavy (non-hydrogen) atoms. The fourth-order valence-corrected chi connectivity index (χ4v) is 1.85. The minimum atomic E-state index is -0.489. The lowest BCUT2D eigenvalue weighted by Crippen LogP contribution is -2.17. The fourth-order valence-electron chi connectivity index (χ4n) is 1.85. The molecule has 0 fully saturated rings. The molecule has 0 aliphatic carbocycles. The summed E-state index contributed by atoms with van der Waals surface area (Å²) < 4.78 is 9.94. The van der Waals surface area contributed by atoms with Gasteiger partial charge in [-0.15, -0.1) is 0 Å². The number of benzene rings is 1. The van der Waals surface area contributed by atoms with Gasteiger partial charge >= 0.3 is 5.97 Å². The van der Waals surface area contributed by atoms with Crippen LogP contribution in [0.2, 0.25) is 0 Å². The van der Waals surface area contributed by atoms with Crippen LogP contribution in [0.3, 0.4) is 0 Å². The second kappa shape index (κ2) is 6.25. The zero-order valence-corrected chi connectivity index (χ0v) is 11.4. The lowest BCUT2D eigenvalue weighted by atomic mass is 10.1. The maximum absolute atomic E-state index is 11.3. The fraction of sp³-hybridized carbons (Fsp3) is 0.267. The van der Waals surface area contributed by atoms with Crippen LogP contribution in [-0.2, 0) is 11.3 Å². The third kappa shape index (κ3) is 3.39. The minimum absolute atomic E-state index is 0.0498. The van der Waals surface area contributed by atoms with Crippen LogP contribution in [0.15, 0.2) is 40.8 Å². The number of methoxy groups -OCH3 is 1. The first-order valence-electron chi connectivity index (χ1n) is 6.29. The average Bonchev–Trinajstić information content (AvgIpc) is 2.92. The van der Waals surface area contributed by atoms with Gasteiger partial charge in [0.15, 0.2) is 0 Å². The average molecular weight is 275 g/mol. The number of phenols is 1. The van der Waals surface area contributed by atoms with Crippen molar-refractivity contribution in [3.63, 3.8) is 0 Å². The van der Waals surface area contributed by atoms with Crippen molar-refractivity contribution < 1.29 is 19.1 Å². The van der Waals surface area contributed by atoms with Crippen molar-refractivity contribution in [2.24, 2.45) is 0 Å². The SMILES string of the molecule is COC(=O)c1ccc(CNC(C)c2cccc(O)c2)o1. The highest BCUT2D eigenvalue weighted by molar-refractivity contribution is 5.86. The van der Waals surface area contributed by atoms with Crippen LogP contribution >= 0.6 is 0 Å². The molecule has 0 aliphatic heterocycles. The van der Waals surface area contributed by atoms with Crippen molar-refractivity contribution in [3.05, 3.63) is 53.5 Å². The summed E-state index contributed by atoms with van der Waals surface area (Å²) >= 11 is 0. The summed E-state index contributed by atoms with van der Waals surface area (Å²) in [5.74, 6) is 0.589. The van der Waals surface area contributed by atoms with Gasteiger partial charge in [-0.3, -0.25) is 0 Å². The third-order valence-electron chi connectivity index (χ3n) is 3.00. The van der Waals surface area contributed by atoms with Crippen LogP contribution in [0.25, 0.3) is 0 Å². The number of hydrogen-bond acceptors (Lipinski definition) is 5. The van der Waals surface area contributed by atoms with Gasteiger partial charge in [-0.25, -0.2) is 4.79 Å². The van der Waals surface area contributed by atoms with Gasteiger partial charge in [0.25, 0.3) is 0 Å². The molecule has 0 aliphatic rings. The number of hydrogen-bond donors (Lipinski definition) is 2. The molecule has 106 valence electrons. The second-order valence-corrected chi connectivity index (χ2v) is 4.46. The van der Waals surface area contributed by atoms with Gasteiger partial charge in [-0.2, -0.15) is 0 Å². The number of aromatic hydroxyl groups is 1. The molecule has 1 aromatic heterocycles. The molecule has 2 rings (SSSR count). The molecule has 0 saturated carbocycles. The smallest absolute Gasteiger partial charge is 0.373 e. The molecule has 5 heteroatoms. The van der Waals surface area contributed by atoms with Crippen LogP contribution in [0, 0.1) is 0 Å². The van der Waals surface area contributed by atoms with Gasteiger partial charge in [0.2, 0.25) is 5.76 Å². The lowest BCUT2D eigenvalue weighted by molar-refractivity contribution is 0.0563. The van der Waals surface area contributed by atoms with Crippen molar-refractivity contribution in [1.29, 1.82) is 0 Å². The van der Waals surface area contributed by atoms with Crippen LogP contribution in [-0.4, -0.2) is 18.2 Å². The molecule has 1 aromatic carbocycles. The summed E-state index contributed by atoms with van der Waals surface area (Å²) in [6, 6.07) is 10.4. The highest BCUT2D eigenvalue weighted by Gasteiger charge is 2.12. The van der Waals surface area contributed by atoms with Crippen molar-refractivity contribution >= 4 is 5.97 Å². The Morgan fingerprint density at radius 2 is 2.20 bits per heavy atom. The standard InChI is InChI=1S/C15H17NO4/c1-10(11-4-3-5-12(17)8-11)16-9-13-6-7-14(20-13)15(18)19-2/h3-8,10,16-17H,9H2,1-2H3. The third-order valence-corrected chi connectivity index (χ3v) is 3.00. The minimum Gasteiger partial charge on any atom is -0.508 e. The number of furan rings is 1. The zero-order valence-electron chi connectivity index (χ0n) is 11.4. The summed E-state index contributed by atoms with van der Waals surface area (Å²) in [6.07, 6.45) is 0. The summed E-state index contributed by atoms with van der Waals surface area (Å²) in [6.45, 7) is 2.47. The number of ether oxygens (including phenoxy) is 1. The van der Waals surface area contributed by atoms with Gasteiger partial charge in [-0.05, 0) is 36.8 Å². The van der Waals surface area contributed by atoms with E-state index in [-0.39, 0.29) is 17.6 Å². The Morgan fingerprint density at radius 3 is 2.90 bits per heavy atom. The molecule has 1 heterocycles. The maximum atomic E-state index is 11.3. The van der Waals surface area contributed by atoms with Crippen molar-refractivity contribution in [1.82, 2.24) is 5.32 Å². The van der Waals surface area contributed by atoms with E-state index in [0.29, 0.717) is 12.3 Å². The molecule has 1 atom stereocenters. The Morgan fingerprint density at radius 1 is 1.40 bits per heavy atom. The monoisotopic (exact) mass is 275 g/mol. The molecule has 0 spiro atoms. The summed E-state index contributed by atoms with van der Waals surface area (Å²) in [5, 5.41) is 12.7. The molecule has 2 N–H and O–H groups in total. The summed E-state index contributed by atoms with van der Waals surface area (Å²) in [5.41, 5.74) is 0.977.